The van der Waals surface area contributed by atoms with E-state index in [-0.39, 0.29) is 0 Å². The molecule has 0 bridgehead atoms. The van der Waals surface area contributed by atoms with Gasteiger partial charge in [-0.1, -0.05) is 52.0 Å². The van der Waals surface area contributed by atoms with Gasteiger partial charge in [-0.3, -0.25) is 0 Å². The van der Waals surface area contributed by atoms with E-state index in [0.29, 0.717) is 11.8 Å². The van der Waals surface area contributed by atoms with Crippen molar-refractivity contribution in [3.05, 3.63) is 35.8 Å². The molecule has 0 aliphatic carbocycles. The van der Waals surface area contributed by atoms with Crippen LogP contribution in [-0.4, -0.2) is 0 Å². The van der Waals surface area contributed by atoms with Gasteiger partial charge in [0, 0.05) is 23.6 Å². The molecule has 1 heterocycles. The van der Waals surface area contributed by atoms with Gasteiger partial charge in [0.15, 0.2) is 0 Å². The van der Waals surface area contributed by atoms with E-state index in [9.17, 15) is 0 Å². The van der Waals surface area contributed by atoms with Crippen LogP contribution in [0.4, 0.5) is 0 Å². The second-order valence-corrected chi connectivity index (χ2v) is 5.69. The maximum Gasteiger partial charge on any atom is 0.112 e. The number of hydrogen-bond acceptors (Lipinski definition) is 1. The van der Waals surface area contributed by atoms with E-state index < -0.39 is 0 Å². The van der Waals surface area contributed by atoms with Crippen LogP contribution < -0.4 is 0 Å². The van der Waals surface area contributed by atoms with E-state index in [4.69, 9.17) is 4.42 Å². The Kier molecular flexibility index (Phi) is 3.56. The highest BCUT2D eigenvalue weighted by Crippen LogP contribution is 2.29. The summed E-state index contributed by atoms with van der Waals surface area (Å²) in [5.74, 6) is 3.59. The third kappa shape index (κ3) is 2.71. The van der Waals surface area contributed by atoms with Crippen molar-refractivity contribution in [2.24, 2.45) is 11.8 Å². The van der Waals surface area contributed by atoms with Gasteiger partial charge in [0.2, 0.25) is 0 Å². The van der Waals surface area contributed by atoms with Gasteiger partial charge in [-0.25, -0.2) is 0 Å². The fourth-order valence-electron chi connectivity index (χ4n) is 2.27. The summed E-state index contributed by atoms with van der Waals surface area (Å²) < 4.78 is 6.09. The molecule has 0 saturated carbocycles. The van der Waals surface area contributed by atoms with Crippen molar-refractivity contribution in [2.75, 3.05) is 0 Å². The standard InChI is InChI=1S/C16H22O/c1-11(2)9-15-13-7-5-6-8-14(13)16(17-15)10-12(3)4/h5-8,11-12H,9-10H2,1-4H3. The van der Waals surface area contributed by atoms with Gasteiger partial charge < -0.3 is 4.42 Å². The minimum atomic E-state index is 0.636. The molecule has 0 fully saturated rings. The molecule has 2 rings (SSSR count). The molecular weight excluding hydrogens is 208 g/mol. The van der Waals surface area contributed by atoms with Gasteiger partial charge in [-0.05, 0) is 11.8 Å². The fraction of sp³-hybridized carbons (Fsp3) is 0.500. The predicted molar refractivity (Wildman–Crippen MR) is 73.3 cm³/mol. The lowest BCUT2D eigenvalue weighted by atomic mass is 10.0. The van der Waals surface area contributed by atoms with Crippen LogP contribution in [0.15, 0.2) is 28.7 Å². The molecule has 0 aliphatic rings. The van der Waals surface area contributed by atoms with Crippen molar-refractivity contribution in [1.82, 2.24) is 0 Å². The summed E-state index contributed by atoms with van der Waals surface area (Å²) in [5, 5.41) is 2.61. The van der Waals surface area contributed by atoms with Crippen LogP contribution in [0.25, 0.3) is 10.8 Å². The SMILES string of the molecule is CC(C)Cc1oc(CC(C)C)c2ccccc12. The Bertz CT molecular complexity index is 447. The lowest BCUT2D eigenvalue weighted by Gasteiger charge is -2.02. The van der Waals surface area contributed by atoms with Gasteiger partial charge in [-0.15, -0.1) is 0 Å². The van der Waals surface area contributed by atoms with E-state index in [1.807, 2.05) is 0 Å². The van der Waals surface area contributed by atoms with Crippen LogP contribution in [0.3, 0.4) is 0 Å². The van der Waals surface area contributed by atoms with Crippen LogP contribution >= 0.6 is 0 Å². The average Bonchev–Trinajstić information content (AvgIpc) is 2.56. The minimum absolute atomic E-state index is 0.636. The first-order valence-electron chi connectivity index (χ1n) is 6.57. The third-order valence-electron chi connectivity index (χ3n) is 2.96. The number of hydrogen-bond donors (Lipinski definition) is 0. The molecule has 1 nitrogen and oxygen atoms in total. The Morgan fingerprint density at radius 2 is 1.24 bits per heavy atom. The summed E-state index contributed by atoms with van der Waals surface area (Å²) in [6.07, 6.45) is 2.05. The van der Waals surface area contributed by atoms with E-state index in [2.05, 4.69) is 52.0 Å². The van der Waals surface area contributed by atoms with Crippen LogP contribution in [0.1, 0.15) is 39.2 Å². The number of furan rings is 1. The molecule has 1 aromatic carbocycles. The Morgan fingerprint density at radius 1 is 0.824 bits per heavy atom. The molecule has 92 valence electrons. The van der Waals surface area contributed by atoms with Crippen molar-refractivity contribution >= 4 is 10.8 Å². The van der Waals surface area contributed by atoms with Gasteiger partial charge in [0.25, 0.3) is 0 Å². The Balaban J connectivity index is 2.46. The fourth-order valence-corrected chi connectivity index (χ4v) is 2.27. The molecule has 17 heavy (non-hydrogen) atoms. The molecule has 0 radical (unpaired) electrons. The molecule has 0 atom stereocenters. The molecule has 0 unspecified atom stereocenters. The van der Waals surface area contributed by atoms with Gasteiger partial charge >= 0.3 is 0 Å². The normalized spacial score (nSPS) is 11.9. The molecule has 1 heteroatoms. The van der Waals surface area contributed by atoms with Gasteiger partial charge in [0.1, 0.15) is 11.5 Å². The van der Waals surface area contributed by atoms with Crippen molar-refractivity contribution < 1.29 is 4.42 Å². The summed E-state index contributed by atoms with van der Waals surface area (Å²) in [7, 11) is 0. The topological polar surface area (TPSA) is 13.1 Å². The number of rotatable bonds is 4. The third-order valence-corrected chi connectivity index (χ3v) is 2.96. The van der Waals surface area contributed by atoms with Crippen molar-refractivity contribution in [3.63, 3.8) is 0 Å². The van der Waals surface area contributed by atoms with Gasteiger partial charge in [0.05, 0.1) is 0 Å². The number of benzene rings is 1. The summed E-state index contributed by atoms with van der Waals surface area (Å²) in [4.78, 5) is 0. The lowest BCUT2D eigenvalue weighted by molar-refractivity contribution is 0.426. The average molecular weight is 230 g/mol. The zero-order valence-corrected chi connectivity index (χ0v) is 11.3. The van der Waals surface area contributed by atoms with Crippen LogP contribution in [0.2, 0.25) is 0 Å². The molecular formula is C16H22O. The summed E-state index contributed by atoms with van der Waals surface area (Å²) in [5.41, 5.74) is 0. The zero-order valence-electron chi connectivity index (χ0n) is 11.3. The first-order chi connectivity index (χ1) is 8.08. The second-order valence-electron chi connectivity index (χ2n) is 5.69. The highest BCUT2D eigenvalue weighted by Gasteiger charge is 2.14. The molecule has 2 aromatic rings. The number of fused-ring (bicyclic) bond motifs is 1. The maximum atomic E-state index is 6.09. The Morgan fingerprint density at radius 3 is 1.59 bits per heavy atom. The Labute approximate surface area is 104 Å². The first-order valence-corrected chi connectivity index (χ1v) is 6.57. The van der Waals surface area contributed by atoms with E-state index in [1.54, 1.807) is 0 Å². The second kappa shape index (κ2) is 4.95. The molecule has 0 spiro atoms. The monoisotopic (exact) mass is 230 g/mol. The Hall–Kier alpha value is -1.24. The molecule has 0 aliphatic heterocycles. The van der Waals surface area contributed by atoms with E-state index in [0.717, 1.165) is 24.4 Å². The van der Waals surface area contributed by atoms with E-state index in [1.165, 1.54) is 10.8 Å². The van der Waals surface area contributed by atoms with Crippen molar-refractivity contribution in [3.8, 4) is 0 Å². The van der Waals surface area contributed by atoms with E-state index >= 15 is 0 Å². The lowest BCUT2D eigenvalue weighted by Crippen LogP contribution is -1.93. The smallest absolute Gasteiger partial charge is 0.112 e. The van der Waals surface area contributed by atoms with Crippen LogP contribution in [-0.2, 0) is 12.8 Å². The zero-order chi connectivity index (χ0) is 12.4. The molecule has 0 N–H and O–H groups in total. The molecule has 0 saturated heterocycles. The summed E-state index contributed by atoms with van der Waals surface area (Å²) in [6.45, 7) is 8.94. The highest BCUT2D eigenvalue weighted by atomic mass is 16.3. The van der Waals surface area contributed by atoms with Gasteiger partial charge in [-0.2, -0.15) is 0 Å². The predicted octanol–water partition coefficient (Wildman–Crippen LogP) is 4.83. The summed E-state index contributed by atoms with van der Waals surface area (Å²) in [6, 6.07) is 8.56. The first kappa shape index (κ1) is 12.2. The summed E-state index contributed by atoms with van der Waals surface area (Å²) >= 11 is 0. The largest absolute Gasteiger partial charge is 0.465 e. The highest BCUT2D eigenvalue weighted by molar-refractivity contribution is 5.86. The minimum Gasteiger partial charge on any atom is -0.465 e. The molecule has 1 aromatic heterocycles. The maximum absolute atomic E-state index is 6.09. The van der Waals surface area contributed by atoms with Crippen LogP contribution in [0, 0.1) is 11.8 Å². The van der Waals surface area contributed by atoms with Crippen LogP contribution in [0.5, 0.6) is 0 Å². The van der Waals surface area contributed by atoms with Crippen molar-refractivity contribution in [2.45, 2.75) is 40.5 Å². The van der Waals surface area contributed by atoms with Crippen molar-refractivity contribution in [1.29, 1.82) is 0 Å². The molecule has 0 amide bonds. The quantitative estimate of drug-likeness (QED) is 0.733.